The number of carboxylic acids is 1. The number of hydrogen-bond donors (Lipinski definition) is 1. The van der Waals surface area contributed by atoms with Crippen LogP contribution in [0.4, 0.5) is 0 Å². The molecule has 4 heteroatoms. The van der Waals surface area contributed by atoms with Gasteiger partial charge in [0.2, 0.25) is 5.91 Å². The fraction of sp³-hybridized carbons (Fsp3) is 0.882. The molecule has 0 aromatic carbocycles. The van der Waals surface area contributed by atoms with E-state index in [1.807, 2.05) is 0 Å². The van der Waals surface area contributed by atoms with Crippen molar-refractivity contribution < 1.29 is 14.7 Å². The van der Waals surface area contributed by atoms with Crippen LogP contribution in [0.25, 0.3) is 0 Å². The Hall–Kier alpha value is -1.06. The van der Waals surface area contributed by atoms with Crippen molar-refractivity contribution in [2.24, 2.45) is 17.8 Å². The topological polar surface area (TPSA) is 57.6 Å². The quantitative estimate of drug-likeness (QED) is 0.870. The van der Waals surface area contributed by atoms with Crippen LogP contribution in [-0.4, -0.2) is 34.5 Å². The van der Waals surface area contributed by atoms with Gasteiger partial charge in [0.05, 0.1) is 5.92 Å². The van der Waals surface area contributed by atoms with E-state index in [0.29, 0.717) is 24.8 Å². The number of rotatable bonds is 3. The summed E-state index contributed by atoms with van der Waals surface area (Å²) in [5, 5.41) is 9.11. The highest BCUT2D eigenvalue weighted by Gasteiger charge is 2.41. The van der Waals surface area contributed by atoms with Gasteiger partial charge in [0.25, 0.3) is 0 Å². The van der Waals surface area contributed by atoms with E-state index in [1.54, 1.807) is 0 Å². The molecule has 3 fully saturated rings. The summed E-state index contributed by atoms with van der Waals surface area (Å²) in [6.07, 6.45) is 10.8. The zero-order valence-corrected chi connectivity index (χ0v) is 12.8. The number of amides is 1. The molecule has 0 radical (unpaired) electrons. The molecule has 1 N–H and O–H groups in total. The average Bonchev–Trinajstić information content (AvgIpc) is 3.17. The summed E-state index contributed by atoms with van der Waals surface area (Å²) in [6, 6.07) is 0.446. The van der Waals surface area contributed by atoms with Gasteiger partial charge in [-0.05, 0) is 50.9 Å². The molecule has 0 spiro atoms. The minimum Gasteiger partial charge on any atom is -0.481 e. The first kappa shape index (κ1) is 14.9. The van der Waals surface area contributed by atoms with Gasteiger partial charge in [-0.1, -0.05) is 19.3 Å². The van der Waals surface area contributed by atoms with E-state index in [4.69, 9.17) is 5.11 Å². The van der Waals surface area contributed by atoms with Gasteiger partial charge >= 0.3 is 5.97 Å². The molecule has 3 rings (SSSR count). The third-order valence-electron chi connectivity index (χ3n) is 5.91. The van der Waals surface area contributed by atoms with Crippen molar-refractivity contribution in [1.82, 2.24) is 4.90 Å². The van der Waals surface area contributed by atoms with Gasteiger partial charge in [-0.25, -0.2) is 0 Å². The molecule has 3 aliphatic rings. The molecule has 1 heterocycles. The molecule has 0 aromatic heterocycles. The fourth-order valence-electron chi connectivity index (χ4n) is 4.74. The molecular weight excluding hydrogens is 266 g/mol. The molecule has 4 nitrogen and oxygen atoms in total. The molecule has 1 unspecified atom stereocenters. The van der Waals surface area contributed by atoms with Gasteiger partial charge in [0, 0.05) is 18.5 Å². The minimum absolute atomic E-state index is 0.0321. The summed E-state index contributed by atoms with van der Waals surface area (Å²) in [6.45, 7) is 0.897. The summed E-state index contributed by atoms with van der Waals surface area (Å²) in [5.74, 6) is -0.103. The second kappa shape index (κ2) is 6.37. The van der Waals surface area contributed by atoms with Crippen molar-refractivity contribution in [3.63, 3.8) is 0 Å². The fourth-order valence-corrected chi connectivity index (χ4v) is 4.74. The van der Waals surface area contributed by atoms with Crippen LogP contribution in [0.5, 0.6) is 0 Å². The minimum atomic E-state index is -0.726. The third-order valence-corrected chi connectivity index (χ3v) is 5.91. The monoisotopic (exact) mass is 293 g/mol. The molecular formula is C17H27NO3. The van der Waals surface area contributed by atoms with E-state index < -0.39 is 5.97 Å². The van der Waals surface area contributed by atoms with Crippen LogP contribution >= 0.6 is 0 Å². The number of nitrogens with zero attached hydrogens (tertiary/aromatic N) is 1. The standard InChI is InChI=1S/C17H27NO3/c19-16(13-8-9-14(11-13)17(20)21)18-10-4-7-15(18)12-5-2-1-3-6-12/h12-15H,1-11H2,(H,20,21)/t13-,14+,15?/m0/s1. The van der Waals surface area contributed by atoms with Gasteiger partial charge in [-0.15, -0.1) is 0 Å². The highest BCUT2D eigenvalue weighted by atomic mass is 16.4. The number of likely N-dealkylation sites (tertiary alicyclic amines) is 1. The van der Waals surface area contributed by atoms with Crippen LogP contribution in [0, 0.1) is 17.8 Å². The van der Waals surface area contributed by atoms with Gasteiger partial charge < -0.3 is 10.0 Å². The van der Waals surface area contributed by atoms with E-state index >= 15 is 0 Å². The second-order valence-electron chi connectivity index (χ2n) is 7.18. The molecule has 0 bridgehead atoms. The lowest BCUT2D eigenvalue weighted by molar-refractivity contribution is -0.142. The largest absolute Gasteiger partial charge is 0.481 e. The molecule has 2 saturated carbocycles. The Labute approximate surface area is 126 Å². The Balaban J connectivity index is 1.62. The maximum absolute atomic E-state index is 12.8. The maximum atomic E-state index is 12.8. The van der Waals surface area contributed by atoms with Crippen molar-refractivity contribution in [1.29, 1.82) is 0 Å². The Morgan fingerprint density at radius 1 is 0.857 bits per heavy atom. The summed E-state index contributed by atoms with van der Waals surface area (Å²) in [7, 11) is 0. The molecule has 1 amide bonds. The Morgan fingerprint density at radius 2 is 1.57 bits per heavy atom. The van der Waals surface area contributed by atoms with Crippen molar-refractivity contribution >= 4 is 11.9 Å². The number of hydrogen-bond acceptors (Lipinski definition) is 2. The molecule has 21 heavy (non-hydrogen) atoms. The maximum Gasteiger partial charge on any atom is 0.306 e. The SMILES string of the molecule is O=C(O)[C@@H]1CC[C@H](C(=O)N2CCCC2C2CCCCC2)C1. The average molecular weight is 293 g/mol. The summed E-state index contributed by atoms with van der Waals surface area (Å²) >= 11 is 0. The molecule has 3 atom stereocenters. The van der Waals surface area contributed by atoms with Crippen molar-refractivity contribution in [2.75, 3.05) is 6.54 Å². The molecule has 118 valence electrons. The lowest BCUT2D eigenvalue weighted by Crippen LogP contribution is -2.43. The van der Waals surface area contributed by atoms with Gasteiger partial charge in [-0.3, -0.25) is 9.59 Å². The van der Waals surface area contributed by atoms with E-state index in [-0.39, 0.29) is 17.7 Å². The second-order valence-corrected chi connectivity index (χ2v) is 7.18. The van der Waals surface area contributed by atoms with Crippen LogP contribution in [0.2, 0.25) is 0 Å². The first-order valence-corrected chi connectivity index (χ1v) is 8.70. The Morgan fingerprint density at radius 3 is 2.24 bits per heavy atom. The number of carbonyl (C=O) groups is 2. The van der Waals surface area contributed by atoms with E-state index in [0.717, 1.165) is 25.8 Å². The third kappa shape index (κ3) is 3.09. The van der Waals surface area contributed by atoms with Gasteiger partial charge in [0.15, 0.2) is 0 Å². The number of carbonyl (C=O) groups excluding carboxylic acids is 1. The van der Waals surface area contributed by atoms with Crippen LogP contribution in [-0.2, 0) is 9.59 Å². The predicted octanol–water partition coefficient (Wildman–Crippen LogP) is 3.06. The molecule has 1 saturated heterocycles. The Kier molecular flexibility index (Phi) is 4.51. The zero-order chi connectivity index (χ0) is 14.8. The first-order chi connectivity index (χ1) is 10.2. The highest BCUT2D eigenvalue weighted by molar-refractivity contribution is 5.81. The van der Waals surface area contributed by atoms with Crippen LogP contribution in [0.3, 0.4) is 0 Å². The summed E-state index contributed by atoms with van der Waals surface area (Å²) < 4.78 is 0. The molecule has 1 aliphatic heterocycles. The first-order valence-electron chi connectivity index (χ1n) is 8.70. The van der Waals surface area contributed by atoms with Gasteiger partial charge in [0.1, 0.15) is 0 Å². The van der Waals surface area contributed by atoms with E-state index in [9.17, 15) is 9.59 Å². The van der Waals surface area contributed by atoms with E-state index in [1.165, 1.54) is 32.1 Å². The van der Waals surface area contributed by atoms with Crippen LogP contribution < -0.4 is 0 Å². The van der Waals surface area contributed by atoms with E-state index in [2.05, 4.69) is 4.90 Å². The Bertz CT molecular complexity index is 403. The van der Waals surface area contributed by atoms with Crippen molar-refractivity contribution in [2.45, 2.75) is 70.3 Å². The van der Waals surface area contributed by atoms with Crippen molar-refractivity contribution in [3.8, 4) is 0 Å². The normalized spacial score (nSPS) is 34.3. The lowest BCUT2D eigenvalue weighted by Gasteiger charge is -2.35. The molecule has 0 aromatic rings. The summed E-state index contributed by atoms with van der Waals surface area (Å²) in [5.41, 5.74) is 0. The number of carboxylic acid groups (broad SMARTS) is 1. The highest BCUT2D eigenvalue weighted by Crippen LogP contribution is 2.38. The van der Waals surface area contributed by atoms with Gasteiger partial charge in [-0.2, -0.15) is 0 Å². The molecule has 2 aliphatic carbocycles. The van der Waals surface area contributed by atoms with Crippen molar-refractivity contribution in [3.05, 3.63) is 0 Å². The smallest absolute Gasteiger partial charge is 0.306 e. The summed E-state index contributed by atoms with van der Waals surface area (Å²) in [4.78, 5) is 26.0. The lowest BCUT2D eigenvalue weighted by atomic mass is 9.82. The van der Waals surface area contributed by atoms with Crippen LogP contribution in [0.15, 0.2) is 0 Å². The number of aliphatic carboxylic acids is 1. The van der Waals surface area contributed by atoms with Crippen LogP contribution in [0.1, 0.15) is 64.2 Å². The zero-order valence-electron chi connectivity index (χ0n) is 12.8. The predicted molar refractivity (Wildman–Crippen MR) is 79.8 cm³/mol.